The van der Waals surface area contributed by atoms with Crippen LogP contribution >= 0.6 is 0 Å². The first-order valence-corrected chi connectivity index (χ1v) is 19.4. The Morgan fingerprint density at radius 3 is 1.14 bits per heavy atom. The van der Waals surface area contributed by atoms with E-state index in [9.17, 15) is 79.2 Å². The molecule has 0 aromatic carbocycles. The molecular weight excluding hydrogens is 872 g/mol. The SMILES string of the molecule is CC1(CC(=O)O)c2cc3[n-]c(cc4[n-]c(cc5nc(cc(n2)C1CCC(=O)O)C(CCC(=O)O)C5(C)CC(=O)O)c(CC(=O)O)c4CCC(=O)O)c(CC(=O)O)c3CCC(=O)O.[Fe+2]. The minimum Gasteiger partial charge on any atom is -0.657 e. The van der Waals surface area contributed by atoms with Crippen LogP contribution in [0.1, 0.15) is 122 Å². The number of hydrogen-bond donors (Lipinski definition) is 8. The largest absolute Gasteiger partial charge is 2.00 e. The summed E-state index contributed by atoms with van der Waals surface area (Å²) in [6, 6.07) is 5.44. The van der Waals surface area contributed by atoms with Crippen LogP contribution in [0.15, 0.2) is 24.3 Å². The van der Waals surface area contributed by atoms with Gasteiger partial charge in [-0.2, -0.15) is 0 Å². The molecule has 21 heteroatoms. The van der Waals surface area contributed by atoms with Crippen molar-refractivity contribution >= 4 is 69.8 Å². The maximum Gasteiger partial charge on any atom is 2.00 e. The second-order valence-corrected chi connectivity index (χ2v) is 16.0. The zero-order chi connectivity index (χ0) is 45.8. The molecule has 2 aliphatic heterocycles. The molecule has 0 saturated heterocycles. The summed E-state index contributed by atoms with van der Waals surface area (Å²) in [5.74, 6) is -12.2. The summed E-state index contributed by atoms with van der Waals surface area (Å²) in [6.45, 7) is 3.06. The van der Waals surface area contributed by atoms with Crippen LogP contribution in [0.3, 0.4) is 0 Å². The van der Waals surface area contributed by atoms with E-state index in [0.717, 1.165) is 0 Å². The van der Waals surface area contributed by atoms with Crippen LogP contribution in [0.5, 0.6) is 0 Å². The van der Waals surface area contributed by atoms with Gasteiger partial charge in [0.25, 0.3) is 0 Å². The number of nitrogens with zero attached hydrogens (tertiary/aromatic N) is 4. The van der Waals surface area contributed by atoms with Crippen molar-refractivity contribution in [3.63, 3.8) is 0 Å². The summed E-state index contributed by atoms with van der Waals surface area (Å²) < 4.78 is 0. The third-order valence-electron chi connectivity index (χ3n) is 11.6. The summed E-state index contributed by atoms with van der Waals surface area (Å²) in [5, 5.41) is 79.6. The molecule has 0 fully saturated rings. The molecule has 2 aliphatic rings. The molecule has 3 aromatic rings. The van der Waals surface area contributed by atoms with Gasteiger partial charge in [0.1, 0.15) is 0 Å². The molecule has 4 unspecified atom stereocenters. The fraction of sp³-hybridized carbons (Fsp3) is 0.429. The van der Waals surface area contributed by atoms with Crippen LogP contribution in [0.2, 0.25) is 0 Å². The number of carboxylic acids is 8. The maximum absolute atomic E-state index is 12.6. The van der Waals surface area contributed by atoms with E-state index in [4.69, 9.17) is 15.0 Å². The van der Waals surface area contributed by atoms with E-state index in [1.807, 2.05) is 0 Å². The zero-order valence-corrected chi connectivity index (χ0v) is 35.0. The number of hydrogen-bond acceptors (Lipinski definition) is 10. The first kappa shape index (κ1) is 49.1. The summed E-state index contributed by atoms with van der Waals surface area (Å²) in [4.78, 5) is 117. The molecule has 8 bridgehead atoms. The predicted molar refractivity (Wildman–Crippen MR) is 212 cm³/mol. The number of aliphatic carboxylic acids is 8. The maximum atomic E-state index is 12.6. The van der Waals surface area contributed by atoms with Gasteiger partial charge in [0.15, 0.2) is 0 Å². The molecule has 4 atom stereocenters. The van der Waals surface area contributed by atoms with Crippen LogP contribution in [0, 0.1) is 0 Å². The van der Waals surface area contributed by atoms with Crippen LogP contribution < -0.4 is 9.97 Å². The number of aryl methyl sites for hydroxylation is 2. The molecule has 5 rings (SSSR count). The Labute approximate surface area is 367 Å². The number of fused-ring (bicyclic) bond motifs is 8. The van der Waals surface area contributed by atoms with E-state index in [1.54, 1.807) is 0 Å². The molecule has 0 saturated carbocycles. The van der Waals surface area contributed by atoms with Crippen molar-refractivity contribution in [1.29, 1.82) is 0 Å². The van der Waals surface area contributed by atoms with Gasteiger partial charge in [-0.3, -0.25) is 48.3 Å². The average Bonchev–Trinajstić information content (AvgIpc) is 3.77. The zero-order valence-electron chi connectivity index (χ0n) is 33.9. The molecule has 0 aliphatic carbocycles. The van der Waals surface area contributed by atoms with E-state index in [2.05, 4.69) is 4.98 Å². The summed E-state index contributed by atoms with van der Waals surface area (Å²) in [5.41, 5.74) is -2.59. The van der Waals surface area contributed by atoms with Crippen molar-refractivity contribution in [3.8, 4) is 0 Å². The van der Waals surface area contributed by atoms with E-state index in [1.165, 1.54) is 38.1 Å². The molecule has 336 valence electrons. The molecular formula is C42H44FeN4O16. The van der Waals surface area contributed by atoms with Crippen molar-refractivity contribution in [2.45, 2.75) is 114 Å². The summed E-state index contributed by atoms with van der Waals surface area (Å²) in [7, 11) is 0. The predicted octanol–water partition coefficient (Wildman–Crippen LogP) is 3.62. The van der Waals surface area contributed by atoms with Gasteiger partial charge in [0.05, 0.1) is 25.7 Å². The number of rotatable bonds is 20. The Bertz CT molecular complexity index is 2550. The molecule has 5 heterocycles. The quantitative estimate of drug-likeness (QED) is 0.0750. The Kier molecular flexibility index (Phi) is 15.3. The normalized spacial score (nSPS) is 19.1. The van der Waals surface area contributed by atoms with Gasteiger partial charge in [0, 0.05) is 71.1 Å². The number of aromatic nitrogens is 4. The van der Waals surface area contributed by atoms with Crippen molar-refractivity contribution in [1.82, 2.24) is 19.9 Å². The van der Waals surface area contributed by atoms with Crippen molar-refractivity contribution in [2.24, 2.45) is 0 Å². The minimum absolute atomic E-state index is 0. The molecule has 3 aromatic heterocycles. The first-order valence-electron chi connectivity index (χ1n) is 19.4. The number of carboxylic acid groups (broad SMARTS) is 8. The standard InChI is InChI=1S/C42H46N4O16.Fe/c1-41(17-39(59)60)23(5-9-35(51)52)29-14-30-24(6-10-36(53)54)42(2,18-40(61)62)32(46-30)16-28-22(12-38(57)58)19(3-7-33(47)48)25(43-28)13-26-21(11-37(55)56)20(4-8-34(49)50)27(44-26)15-31(41)45-29;/h13-16,23-24H,3-12,17-18H2,1-2H3,(H10,43,44,45,46,47,48,49,50,51,52,53,54,55,56,57,58,59,60,61,62);/q;+2/p-2. The third kappa shape index (κ3) is 11.1. The van der Waals surface area contributed by atoms with Crippen LogP contribution in [-0.4, -0.2) is 98.6 Å². The van der Waals surface area contributed by atoms with Gasteiger partial charge < -0.3 is 50.8 Å². The van der Waals surface area contributed by atoms with Crippen molar-refractivity contribution in [3.05, 3.63) is 69.3 Å². The van der Waals surface area contributed by atoms with E-state index in [-0.39, 0.29) is 110 Å². The second kappa shape index (κ2) is 19.6. The van der Waals surface area contributed by atoms with Crippen LogP contribution in [-0.2, 0) is 91.9 Å². The molecule has 0 radical (unpaired) electrons. The van der Waals surface area contributed by atoms with Gasteiger partial charge in [-0.15, -0.1) is 22.1 Å². The molecule has 0 spiro atoms. The fourth-order valence-electron chi connectivity index (χ4n) is 8.77. The second-order valence-electron chi connectivity index (χ2n) is 16.0. The molecule has 8 N–H and O–H groups in total. The average molecular weight is 917 g/mol. The molecule has 0 amide bonds. The van der Waals surface area contributed by atoms with Crippen molar-refractivity contribution in [2.75, 3.05) is 0 Å². The Hall–Kier alpha value is -6.60. The van der Waals surface area contributed by atoms with E-state index in [0.29, 0.717) is 0 Å². The van der Waals surface area contributed by atoms with E-state index >= 15 is 0 Å². The number of carbonyl (C=O) groups is 8. The van der Waals surface area contributed by atoms with Gasteiger partial charge in [-0.25, -0.2) is 0 Å². The first-order chi connectivity index (χ1) is 29.0. The van der Waals surface area contributed by atoms with Gasteiger partial charge >= 0.3 is 64.8 Å². The Morgan fingerprint density at radius 1 is 0.476 bits per heavy atom. The van der Waals surface area contributed by atoms with Gasteiger partial charge in [-0.1, -0.05) is 43.2 Å². The fourth-order valence-corrected chi connectivity index (χ4v) is 8.77. The van der Waals surface area contributed by atoms with Crippen LogP contribution in [0.25, 0.3) is 22.1 Å². The van der Waals surface area contributed by atoms with Gasteiger partial charge in [-0.05, 0) is 42.9 Å². The summed E-state index contributed by atoms with van der Waals surface area (Å²) in [6.07, 6.45) is -5.50. The Morgan fingerprint density at radius 2 is 0.810 bits per heavy atom. The van der Waals surface area contributed by atoms with Gasteiger partial charge in [0.2, 0.25) is 0 Å². The monoisotopic (exact) mass is 916 g/mol. The van der Waals surface area contributed by atoms with E-state index < -0.39 is 122 Å². The topological polar surface area (TPSA) is 352 Å². The minimum atomic E-state index is -1.51. The molecule has 63 heavy (non-hydrogen) atoms. The van der Waals surface area contributed by atoms with Crippen LogP contribution in [0.4, 0.5) is 0 Å². The Balaban J connectivity index is 0.00000871. The third-order valence-corrected chi connectivity index (χ3v) is 11.6. The summed E-state index contributed by atoms with van der Waals surface area (Å²) >= 11 is 0. The smallest absolute Gasteiger partial charge is 0.657 e. The van der Waals surface area contributed by atoms with Crippen molar-refractivity contribution < 1.29 is 96.3 Å². The molecule has 20 nitrogen and oxygen atoms in total.